The minimum atomic E-state index is -0.227. The van der Waals surface area contributed by atoms with E-state index in [0.717, 1.165) is 6.42 Å². The highest BCUT2D eigenvalue weighted by Gasteiger charge is 2.23. The largest absolute Gasteiger partial charge is 0.366 e. The van der Waals surface area contributed by atoms with Gasteiger partial charge in [-0.2, -0.15) is 0 Å². The van der Waals surface area contributed by atoms with Crippen molar-refractivity contribution in [2.45, 2.75) is 33.6 Å². The maximum atomic E-state index is 13.9. The summed E-state index contributed by atoms with van der Waals surface area (Å²) in [7, 11) is 0. The number of halogens is 1. The van der Waals surface area contributed by atoms with E-state index in [0.29, 0.717) is 57.3 Å². The molecule has 0 aromatic heterocycles. The number of nitrogens with zero attached hydrogens (tertiary/aromatic N) is 3. The minimum Gasteiger partial charge on any atom is -0.366 e. The highest BCUT2D eigenvalue weighted by Crippen LogP contribution is 2.20. The molecule has 26 heavy (non-hydrogen) atoms. The molecular weight excluding hydrogens is 333 g/mol. The van der Waals surface area contributed by atoms with Crippen molar-refractivity contribution in [3.05, 3.63) is 30.1 Å². The number of rotatable bonds is 7. The summed E-state index contributed by atoms with van der Waals surface area (Å²) in [5, 5.41) is 0. The zero-order valence-corrected chi connectivity index (χ0v) is 16.1. The molecular formula is C20H30FN3O2. The van der Waals surface area contributed by atoms with Gasteiger partial charge in [-0.15, -0.1) is 0 Å². The minimum absolute atomic E-state index is 0.0165. The van der Waals surface area contributed by atoms with Crippen molar-refractivity contribution >= 4 is 17.5 Å². The van der Waals surface area contributed by atoms with Crippen molar-refractivity contribution in [2.75, 3.05) is 44.2 Å². The van der Waals surface area contributed by atoms with Crippen molar-refractivity contribution in [1.29, 1.82) is 0 Å². The van der Waals surface area contributed by atoms with Crippen LogP contribution in [0, 0.1) is 11.7 Å². The van der Waals surface area contributed by atoms with E-state index in [1.807, 2.05) is 15.9 Å². The summed E-state index contributed by atoms with van der Waals surface area (Å²) in [6.45, 7) is 9.37. The second-order valence-corrected chi connectivity index (χ2v) is 7.26. The van der Waals surface area contributed by atoms with Gasteiger partial charge in [0.05, 0.1) is 5.69 Å². The molecule has 1 saturated heterocycles. The van der Waals surface area contributed by atoms with Crippen LogP contribution in [-0.4, -0.2) is 60.9 Å². The molecule has 1 aliphatic heterocycles. The van der Waals surface area contributed by atoms with Gasteiger partial charge >= 0.3 is 0 Å². The molecule has 5 nitrogen and oxygen atoms in total. The van der Waals surface area contributed by atoms with Gasteiger partial charge in [0.2, 0.25) is 11.8 Å². The third kappa shape index (κ3) is 5.71. The molecule has 0 unspecified atom stereocenters. The van der Waals surface area contributed by atoms with Crippen LogP contribution in [0.15, 0.2) is 24.3 Å². The van der Waals surface area contributed by atoms with Crippen LogP contribution >= 0.6 is 0 Å². The monoisotopic (exact) mass is 363 g/mol. The standard InChI is InChI=1S/C20H30FN3O2/c1-16(2)8-10-22(17(3)25)11-9-20(26)24-14-12-23(13-15-24)19-7-5-4-6-18(19)21/h4-7,16H,8-15H2,1-3H3. The Morgan fingerprint density at radius 3 is 2.35 bits per heavy atom. The molecule has 1 heterocycles. The number of piperazine rings is 1. The molecule has 0 spiro atoms. The molecule has 6 heteroatoms. The third-order valence-corrected chi connectivity index (χ3v) is 4.84. The van der Waals surface area contributed by atoms with Gasteiger partial charge in [-0.3, -0.25) is 9.59 Å². The Labute approximate surface area is 155 Å². The quantitative estimate of drug-likeness (QED) is 0.748. The van der Waals surface area contributed by atoms with Crippen LogP contribution < -0.4 is 4.90 Å². The molecule has 2 amide bonds. The normalized spacial score (nSPS) is 14.7. The highest BCUT2D eigenvalue weighted by molar-refractivity contribution is 5.78. The number of hydrogen-bond acceptors (Lipinski definition) is 3. The van der Waals surface area contributed by atoms with Crippen LogP contribution in [-0.2, 0) is 9.59 Å². The Balaban J connectivity index is 1.80. The summed E-state index contributed by atoms with van der Waals surface area (Å²) in [5.74, 6) is 0.380. The molecule has 0 N–H and O–H groups in total. The van der Waals surface area contributed by atoms with Crippen molar-refractivity contribution in [3.8, 4) is 0 Å². The van der Waals surface area contributed by atoms with E-state index in [9.17, 15) is 14.0 Å². The van der Waals surface area contributed by atoms with E-state index in [1.165, 1.54) is 6.07 Å². The van der Waals surface area contributed by atoms with E-state index < -0.39 is 0 Å². The van der Waals surface area contributed by atoms with Crippen molar-refractivity contribution in [3.63, 3.8) is 0 Å². The zero-order valence-electron chi connectivity index (χ0n) is 16.1. The summed E-state index contributed by atoms with van der Waals surface area (Å²) >= 11 is 0. The number of hydrogen-bond donors (Lipinski definition) is 0. The predicted molar refractivity (Wildman–Crippen MR) is 102 cm³/mol. The first-order chi connectivity index (χ1) is 12.4. The third-order valence-electron chi connectivity index (χ3n) is 4.84. The van der Waals surface area contributed by atoms with Crippen molar-refractivity contribution in [2.24, 2.45) is 5.92 Å². The van der Waals surface area contributed by atoms with Gasteiger partial charge in [0.25, 0.3) is 0 Å². The molecule has 1 aliphatic rings. The van der Waals surface area contributed by atoms with Crippen LogP contribution in [0.4, 0.5) is 10.1 Å². The average molecular weight is 363 g/mol. The summed E-state index contributed by atoms with van der Waals surface area (Å²) in [6.07, 6.45) is 1.28. The topological polar surface area (TPSA) is 43.9 Å². The number of para-hydroxylation sites is 1. The second kappa shape index (κ2) is 9.55. The Morgan fingerprint density at radius 2 is 1.77 bits per heavy atom. The Morgan fingerprint density at radius 1 is 1.12 bits per heavy atom. The van der Waals surface area contributed by atoms with Crippen LogP contribution in [0.2, 0.25) is 0 Å². The number of carbonyl (C=O) groups is 2. The van der Waals surface area contributed by atoms with Gasteiger partial charge in [-0.25, -0.2) is 4.39 Å². The fourth-order valence-electron chi connectivity index (χ4n) is 3.13. The van der Waals surface area contributed by atoms with Gasteiger partial charge in [0.15, 0.2) is 0 Å². The maximum Gasteiger partial charge on any atom is 0.224 e. The fourth-order valence-corrected chi connectivity index (χ4v) is 3.13. The zero-order chi connectivity index (χ0) is 19.1. The molecule has 0 radical (unpaired) electrons. The Bertz CT molecular complexity index is 613. The molecule has 1 fully saturated rings. The predicted octanol–water partition coefficient (Wildman–Crippen LogP) is 2.76. The smallest absolute Gasteiger partial charge is 0.224 e. The lowest BCUT2D eigenvalue weighted by molar-refractivity contribution is -0.133. The first kappa shape index (κ1) is 20.2. The Hall–Kier alpha value is -2.11. The van der Waals surface area contributed by atoms with Crippen LogP contribution in [0.3, 0.4) is 0 Å². The van der Waals surface area contributed by atoms with E-state index in [4.69, 9.17) is 0 Å². The maximum absolute atomic E-state index is 13.9. The molecule has 144 valence electrons. The van der Waals surface area contributed by atoms with E-state index >= 15 is 0 Å². The molecule has 1 aromatic rings. The van der Waals surface area contributed by atoms with Gasteiger partial charge < -0.3 is 14.7 Å². The SMILES string of the molecule is CC(=O)N(CCC(=O)N1CCN(c2ccccc2F)CC1)CCC(C)C. The molecule has 1 aromatic carbocycles. The second-order valence-electron chi connectivity index (χ2n) is 7.26. The molecule has 0 saturated carbocycles. The molecule has 0 atom stereocenters. The summed E-state index contributed by atoms with van der Waals surface area (Å²) in [5.41, 5.74) is 0.594. The lowest BCUT2D eigenvalue weighted by Gasteiger charge is -2.36. The van der Waals surface area contributed by atoms with Crippen molar-refractivity contribution < 1.29 is 14.0 Å². The van der Waals surface area contributed by atoms with E-state index in [2.05, 4.69) is 13.8 Å². The van der Waals surface area contributed by atoms with Crippen LogP contribution in [0.1, 0.15) is 33.6 Å². The lowest BCUT2D eigenvalue weighted by atomic mass is 10.1. The van der Waals surface area contributed by atoms with Gasteiger partial charge in [0, 0.05) is 52.6 Å². The summed E-state index contributed by atoms with van der Waals surface area (Å²) in [6, 6.07) is 6.73. The molecule has 0 aliphatic carbocycles. The van der Waals surface area contributed by atoms with E-state index in [1.54, 1.807) is 24.0 Å². The first-order valence-electron chi connectivity index (χ1n) is 9.41. The van der Waals surface area contributed by atoms with Gasteiger partial charge in [0.1, 0.15) is 5.82 Å². The number of benzene rings is 1. The number of anilines is 1. The van der Waals surface area contributed by atoms with Crippen molar-refractivity contribution in [1.82, 2.24) is 9.80 Å². The van der Waals surface area contributed by atoms with Gasteiger partial charge in [-0.1, -0.05) is 26.0 Å². The lowest BCUT2D eigenvalue weighted by Crippen LogP contribution is -2.49. The highest BCUT2D eigenvalue weighted by atomic mass is 19.1. The molecule has 0 bridgehead atoms. The fraction of sp³-hybridized carbons (Fsp3) is 0.600. The number of carbonyl (C=O) groups excluding carboxylic acids is 2. The van der Waals surface area contributed by atoms with Crippen LogP contribution in [0.25, 0.3) is 0 Å². The van der Waals surface area contributed by atoms with Gasteiger partial charge in [-0.05, 0) is 24.5 Å². The first-order valence-corrected chi connectivity index (χ1v) is 9.41. The summed E-state index contributed by atoms with van der Waals surface area (Å²) in [4.78, 5) is 29.8. The molecule has 2 rings (SSSR count). The van der Waals surface area contributed by atoms with Crippen LogP contribution in [0.5, 0.6) is 0 Å². The average Bonchev–Trinajstić information content (AvgIpc) is 2.61. The number of amides is 2. The Kier molecular flexibility index (Phi) is 7.42. The van der Waals surface area contributed by atoms with E-state index in [-0.39, 0.29) is 17.6 Å². The summed E-state index contributed by atoms with van der Waals surface area (Å²) < 4.78 is 13.9.